The molecular formula is C10H12F3N3O3. The van der Waals surface area contributed by atoms with Crippen LogP contribution >= 0.6 is 0 Å². The third kappa shape index (κ3) is 3.98. The summed E-state index contributed by atoms with van der Waals surface area (Å²) in [6, 6.07) is 1.05. The predicted octanol–water partition coefficient (Wildman–Crippen LogP) is 1.20. The number of nitrogens with two attached hydrogens (primary N) is 2. The summed E-state index contributed by atoms with van der Waals surface area (Å²) in [5, 5.41) is 0. The molecule has 1 aromatic rings. The number of rotatable bonds is 4. The van der Waals surface area contributed by atoms with Crippen molar-refractivity contribution in [2.45, 2.75) is 19.8 Å². The summed E-state index contributed by atoms with van der Waals surface area (Å²) < 4.78 is 44.9. The number of carbonyl (C=O) groups is 1. The molecule has 1 aromatic heterocycles. The Kier molecular flexibility index (Phi) is 4.54. The molecule has 6 nitrogen and oxygen atoms in total. The van der Waals surface area contributed by atoms with Crippen molar-refractivity contribution >= 4 is 11.8 Å². The Morgan fingerprint density at radius 2 is 2.11 bits per heavy atom. The van der Waals surface area contributed by atoms with Crippen molar-refractivity contribution in [3.8, 4) is 5.75 Å². The molecule has 4 N–H and O–H groups in total. The summed E-state index contributed by atoms with van der Waals surface area (Å²) in [6.07, 6.45) is -4.93. The average Bonchev–Trinajstić information content (AvgIpc) is 2.30. The number of pyridine rings is 1. The lowest BCUT2D eigenvalue weighted by molar-refractivity contribution is -0.274. The van der Waals surface area contributed by atoms with Gasteiger partial charge in [0, 0.05) is 12.1 Å². The van der Waals surface area contributed by atoms with Crippen LogP contribution in [0.15, 0.2) is 6.07 Å². The van der Waals surface area contributed by atoms with E-state index in [1.54, 1.807) is 6.92 Å². The molecular weight excluding hydrogens is 267 g/mol. The van der Waals surface area contributed by atoms with Crippen LogP contribution in [0.25, 0.3) is 0 Å². The highest BCUT2D eigenvalue weighted by Gasteiger charge is 2.33. The average molecular weight is 279 g/mol. The van der Waals surface area contributed by atoms with E-state index in [9.17, 15) is 18.0 Å². The minimum absolute atomic E-state index is 0.0899. The standard InChI is InChI=1S/C10H12F3N3O3/c1-2-18-9(17)6-3-5(4-14)7(8(15)16-6)19-10(11,12)13/h3H,2,4,14H2,1H3,(H2,15,16). The van der Waals surface area contributed by atoms with Gasteiger partial charge in [-0.1, -0.05) is 0 Å². The van der Waals surface area contributed by atoms with Gasteiger partial charge in [-0.25, -0.2) is 9.78 Å². The van der Waals surface area contributed by atoms with Gasteiger partial charge in [0.15, 0.2) is 17.3 Å². The normalized spacial score (nSPS) is 11.2. The lowest BCUT2D eigenvalue weighted by atomic mass is 10.2. The first-order valence-electron chi connectivity index (χ1n) is 5.20. The Hall–Kier alpha value is -2.03. The topological polar surface area (TPSA) is 100 Å². The number of aromatic nitrogens is 1. The second-order valence-electron chi connectivity index (χ2n) is 3.35. The number of esters is 1. The van der Waals surface area contributed by atoms with Crippen molar-refractivity contribution < 1.29 is 27.4 Å². The number of anilines is 1. The molecule has 0 fully saturated rings. The molecule has 0 saturated heterocycles. The van der Waals surface area contributed by atoms with Crippen molar-refractivity contribution in [2.75, 3.05) is 12.3 Å². The van der Waals surface area contributed by atoms with Gasteiger partial charge in [-0.3, -0.25) is 0 Å². The Morgan fingerprint density at radius 3 is 2.58 bits per heavy atom. The molecule has 0 atom stereocenters. The number of halogens is 3. The molecule has 0 aromatic carbocycles. The van der Waals surface area contributed by atoms with Gasteiger partial charge in [0.05, 0.1) is 6.61 Å². The van der Waals surface area contributed by atoms with E-state index >= 15 is 0 Å². The SMILES string of the molecule is CCOC(=O)c1cc(CN)c(OC(F)(F)F)c(N)n1. The molecule has 0 spiro atoms. The molecule has 1 rings (SSSR count). The van der Waals surface area contributed by atoms with Crippen molar-refractivity contribution in [1.29, 1.82) is 0 Å². The summed E-state index contributed by atoms with van der Waals surface area (Å²) in [6.45, 7) is 1.37. The number of alkyl halides is 3. The largest absolute Gasteiger partial charge is 0.573 e. The fourth-order valence-electron chi connectivity index (χ4n) is 1.30. The number of carbonyl (C=O) groups excluding carboxylic acids is 1. The maximum Gasteiger partial charge on any atom is 0.573 e. The first kappa shape index (κ1) is 15.0. The first-order chi connectivity index (χ1) is 8.78. The molecule has 0 bridgehead atoms. The van der Waals surface area contributed by atoms with Crippen LogP contribution < -0.4 is 16.2 Å². The zero-order chi connectivity index (χ0) is 14.6. The highest BCUT2D eigenvalue weighted by atomic mass is 19.4. The summed E-state index contributed by atoms with van der Waals surface area (Å²) in [5.41, 5.74) is 10.3. The predicted molar refractivity (Wildman–Crippen MR) is 59.2 cm³/mol. The summed E-state index contributed by atoms with van der Waals surface area (Å²) in [5.74, 6) is -2.09. The fourth-order valence-corrected chi connectivity index (χ4v) is 1.30. The van der Waals surface area contributed by atoms with E-state index < -0.39 is 23.9 Å². The molecule has 0 aliphatic rings. The Balaban J connectivity index is 3.18. The van der Waals surface area contributed by atoms with Crippen LogP contribution in [0.3, 0.4) is 0 Å². The number of ether oxygens (including phenoxy) is 2. The number of hydrogen-bond acceptors (Lipinski definition) is 6. The van der Waals surface area contributed by atoms with Crippen LogP contribution in [0.2, 0.25) is 0 Å². The van der Waals surface area contributed by atoms with Crippen LogP contribution in [0.5, 0.6) is 5.75 Å². The third-order valence-corrected chi connectivity index (χ3v) is 2.00. The minimum atomic E-state index is -4.93. The van der Waals surface area contributed by atoms with Crippen LogP contribution in [-0.2, 0) is 11.3 Å². The molecule has 106 valence electrons. The summed E-state index contributed by atoms with van der Waals surface area (Å²) >= 11 is 0. The van der Waals surface area contributed by atoms with Gasteiger partial charge in [-0.15, -0.1) is 13.2 Å². The number of nitrogen functional groups attached to an aromatic ring is 1. The molecule has 0 amide bonds. The highest BCUT2D eigenvalue weighted by Crippen LogP contribution is 2.31. The highest BCUT2D eigenvalue weighted by molar-refractivity contribution is 5.88. The van der Waals surface area contributed by atoms with E-state index in [0.717, 1.165) is 6.07 Å². The molecule has 0 aliphatic carbocycles. The first-order valence-corrected chi connectivity index (χ1v) is 5.20. The van der Waals surface area contributed by atoms with E-state index in [2.05, 4.69) is 14.5 Å². The number of hydrogen-bond donors (Lipinski definition) is 2. The lowest BCUT2D eigenvalue weighted by Crippen LogP contribution is -2.21. The van der Waals surface area contributed by atoms with Gasteiger partial charge in [0.1, 0.15) is 0 Å². The summed E-state index contributed by atoms with van der Waals surface area (Å²) in [4.78, 5) is 14.9. The van der Waals surface area contributed by atoms with Crippen molar-refractivity contribution in [3.63, 3.8) is 0 Å². The number of nitrogens with zero attached hydrogens (tertiary/aromatic N) is 1. The van der Waals surface area contributed by atoms with Crippen molar-refractivity contribution in [3.05, 3.63) is 17.3 Å². The van der Waals surface area contributed by atoms with Crippen LogP contribution in [0.4, 0.5) is 19.0 Å². The monoisotopic (exact) mass is 279 g/mol. The Bertz CT molecular complexity index is 477. The molecule has 0 unspecified atom stereocenters. The van der Waals surface area contributed by atoms with Gasteiger partial charge in [0.2, 0.25) is 0 Å². The van der Waals surface area contributed by atoms with E-state index in [4.69, 9.17) is 11.5 Å². The van der Waals surface area contributed by atoms with Gasteiger partial charge in [0.25, 0.3) is 0 Å². The minimum Gasteiger partial charge on any atom is -0.461 e. The smallest absolute Gasteiger partial charge is 0.461 e. The van der Waals surface area contributed by atoms with E-state index in [0.29, 0.717) is 0 Å². The molecule has 0 radical (unpaired) electrons. The van der Waals surface area contributed by atoms with Gasteiger partial charge < -0.3 is 20.9 Å². The molecule has 0 saturated carbocycles. The molecule has 9 heteroatoms. The molecule has 0 aliphatic heterocycles. The van der Waals surface area contributed by atoms with Crippen LogP contribution in [0, 0.1) is 0 Å². The fraction of sp³-hybridized carbons (Fsp3) is 0.400. The van der Waals surface area contributed by atoms with Gasteiger partial charge >= 0.3 is 12.3 Å². The Labute approximate surface area is 106 Å². The zero-order valence-corrected chi connectivity index (χ0v) is 9.95. The Morgan fingerprint density at radius 1 is 1.47 bits per heavy atom. The van der Waals surface area contributed by atoms with E-state index in [-0.39, 0.29) is 24.4 Å². The van der Waals surface area contributed by atoms with E-state index in [1.165, 1.54) is 0 Å². The van der Waals surface area contributed by atoms with Crippen molar-refractivity contribution in [2.24, 2.45) is 5.73 Å². The van der Waals surface area contributed by atoms with Crippen LogP contribution in [0.1, 0.15) is 23.0 Å². The lowest BCUT2D eigenvalue weighted by Gasteiger charge is -2.14. The quantitative estimate of drug-likeness (QED) is 0.803. The third-order valence-electron chi connectivity index (χ3n) is 2.00. The second kappa shape index (κ2) is 5.74. The van der Waals surface area contributed by atoms with Crippen LogP contribution in [-0.4, -0.2) is 23.9 Å². The molecule has 19 heavy (non-hydrogen) atoms. The second-order valence-corrected chi connectivity index (χ2v) is 3.35. The molecule has 1 heterocycles. The van der Waals surface area contributed by atoms with Gasteiger partial charge in [-0.2, -0.15) is 0 Å². The maximum atomic E-state index is 12.2. The van der Waals surface area contributed by atoms with Crippen molar-refractivity contribution in [1.82, 2.24) is 4.98 Å². The maximum absolute atomic E-state index is 12.2. The van der Waals surface area contributed by atoms with E-state index in [1.807, 2.05) is 0 Å². The van der Waals surface area contributed by atoms with Gasteiger partial charge in [-0.05, 0) is 13.0 Å². The summed E-state index contributed by atoms with van der Waals surface area (Å²) in [7, 11) is 0. The zero-order valence-electron chi connectivity index (χ0n) is 9.95.